The van der Waals surface area contributed by atoms with E-state index in [2.05, 4.69) is 31.9 Å². The van der Waals surface area contributed by atoms with Gasteiger partial charge in [0.25, 0.3) is 0 Å². The fourth-order valence-electron chi connectivity index (χ4n) is 0.997. The number of ether oxygens (including phenoxy) is 1. The van der Waals surface area contributed by atoms with Crippen LogP contribution in [0.25, 0.3) is 0 Å². The highest BCUT2D eigenvalue weighted by Gasteiger charge is 2.09. The predicted octanol–water partition coefficient (Wildman–Crippen LogP) is 4.02. The molecular weight excluding hydrogens is 324 g/mol. The lowest BCUT2D eigenvalue weighted by atomic mass is 10.2. The van der Waals surface area contributed by atoms with Crippen molar-refractivity contribution in [3.05, 3.63) is 32.7 Å². The third-order valence-electron chi connectivity index (χ3n) is 1.65. The normalized spacial score (nSPS) is 10.5. The molecule has 0 atom stereocenters. The molecule has 0 saturated heterocycles. The number of benzene rings is 1. The van der Waals surface area contributed by atoms with Crippen molar-refractivity contribution in [1.29, 1.82) is 0 Å². The largest absolute Gasteiger partial charge is 0.462 e. The Morgan fingerprint density at radius 1 is 1.27 bits per heavy atom. The highest BCUT2D eigenvalue weighted by atomic mass is 79.9. The van der Waals surface area contributed by atoms with Gasteiger partial charge in [0.1, 0.15) is 0 Å². The Labute approximate surface area is 106 Å². The van der Waals surface area contributed by atoms with Crippen LogP contribution in [0.2, 0.25) is 0 Å². The first-order valence-electron chi connectivity index (χ1n) is 4.62. The van der Waals surface area contributed by atoms with Gasteiger partial charge >= 0.3 is 5.97 Å². The van der Waals surface area contributed by atoms with Crippen molar-refractivity contribution in [2.45, 2.75) is 13.8 Å². The molecule has 0 aliphatic rings. The summed E-state index contributed by atoms with van der Waals surface area (Å²) in [7, 11) is 0. The molecule has 15 heavy (non-hydrogen) atoms. The Morgan fingerprint density at radius 2 is 1.80 bits per heavy atom. The minimum Gasteiger partial charge on any atom is -0.462 e. The van der Waals surface area contributed by atoms with E-state index in [1.54, 1.807) is 12.1 Å². The lowest BCUT2D eigenvalue weighted by molar-refractivity contribution is 0.0459. The van der Waals surface area contributed by atoms with E-state index < -0.39 is 0 Å². The van der Waals surface area contributed by atoms with Crippen LogP contribution in [0.4, 0.5) is 0 Å². The Kier molecular flexibility index (Phi) is 4.80. The molecule has 0 fully saturated rings. The maximum absolute atomic E-state index is 11.6. The molecule has 4 heteroatoms. The number of carbonyl (C=O) groups excluding carboxylic acids is 1. The predicted molar refractivity (Wildman–Crippen MR) is 67.0 cm³/mol. The van der Waals surface area contributed by atoms with Gasteiger partial charge in [-0.15, -0.1) is 0 Å². The van der Waals surface area contributed by atoms with Crippen molar-refractivity contribution in [3.63, 3.8) is 0 Å². The van der Waals surface area contributed by atoms with E-state index in [9.17, 15) is 4.79 Å². The first-order valence-corrected chi connectivity index (χ1v) is 6.21. The summed E-state index contributed by atoms with van der Waals surface area (Å²) in [6.07, 6.45) is 0. The minimum absolute atomic E-state index is 0.286. The van der Waals surface area contributed by atoms with Crippen LogP contribution in [0, 0.1) is 5.92 Å². The number of hydrogen-bond donors (Lipinski definition) is 0. The number of esters is 1. The fraction of sp³-hybridized carbons (Fsp3) is 0.364. The minimum atomic E-state index is -0.286. The zero-order valence-electron chi connectivity index (χ0n) is 8.59. The Balaban J connectivity index is 2.73. The van der Waals surface area contributed by atoms with Crippen molar-refractivity contribution < 1.29 is 9.53 Å². The molecule has 0 radical (unpaired) electrons. The molecule has 0 bridgehead atoms. The van der Waals surface area contributed by atoms with E-state index in [1.165, 1.54) is 0 Å². The third kappa shape index (κ3) is 4.34. The molecule has 0 unspecified atom stereocenters. The molecule has 0 saturated carbocycles. The van der Waals surface area contributed by atoms with Gasteiger partial charge in [-0.3, -0.25) is 0 Å². The van der Waals surface area contributed by atoms with Crippen LogP contribution >= 0.6 is 31.9 Å². The second-order valence-corrected chi connectivity index (χ2v) is 5.48. The third-order valence-corrected chi connectivity index (χ3v) is 2.56. The van der Waals surface area contributed by atoms with Gasteiger partial charge in [-0.05, 0) is 24.1 Å². The molecule has 0 amide bonds. The van der Waals surface area contributed by atoms with Gasteiger partial charge < -0.3 is 4.74 Å². The van der Waals surface area contributed by atoms with E-state index in [0.717, 1.165) is 8.95 Å². The van der Waals surface area contributed by atoms with Crippen molar-refractivity contribution in [2.75, 3.05) is 6.61 Å². The second-order valence-electron chi connectivity index (χ2n) is 3.65. The zero-order valence-corrected chi connectivity index (χ0v) is 11.8. The lowest BCUT2D eigenvalue weighted by Gasteiger charge is -2.07. The summed E-state index contributed by atoms with van der Waals surface area (Å²) in [5.74, 6) is 0.0650. The molecule has 1 aromatic carbocycles. The molecule has 0 aromatic heterocycles. The van der Waals surface area contributed by atoms with Crippen LogP contribution in [0.15, 0.2) is 27.1 Å². The molecular formula is C11H12Br2O2. The Bertz CT molecular complexity index is 341. The van der Waals surface area contributed by atoms with Crippen LogP contribution in [-0.4, -0.2) is 12.6 Å². The number of carbonyl (C=O) groups is 1. The van der Waals surface area contributed by atoms with Gasteiger partial charge in [0.2, 0.25) is 0 Å². The summed E-state index contributed by atoms with van der Waals surface area (Å²) >= 11 is 6.65. The van der Waals surface area contributed by atoms with Crippen molar-refractivity contribution in [3.8, 4) is 0 Å². The highest BCUT2D eigenvalue weighted by Crippen LogP contribution is 2.20. The molecule has 1 rings (SSSR count). The second kappa shape index (κ2) is 5.66. The van der Waals surface area contributed by atoms with Crippen LogP contribution in [-0.2, 0) is 4.74 Å². The van der Waals surface area contributed by atoms with Crippen LogP contribution < -0.4 is 0 Å². The summed E-state index contributed by atoms with van der Waals surface area (Å²) in [6.45, 7) is 4.46. The molecule has 0 N–H and O–H groups in total. The lowest BCUT2D eigenvalue weighted by Crippen LogP contribution is -2.10. The van der Waals surface area contributed by atoms with Gasteiger partial charge in [0.05, 0.1) is 12.2 Å². The van der Waals surface area contributed by atoms with E-state index in [4.69, 9.17) is 4.74 Å². The number of hydrogen-bond acceptors (Lipinski definition) is 2. The first-order chi connectivity index (χ1) is 6.99. The van der Waals surface area contributed by atoms with E-state index in [0.29, 0.717) is 18.1 Å². The maximum Gasteiger partial charge on any atom is 0.338 e. The summed E-state index contributed by atoms with van der Waals surface area (Å²) in [6, 6.07) is 5.36. The monoisotopic (exact) mass is 334 g/mol. The summed E-state index contributed by atoms with van der Waals surface area (Å²) in [5.41, 5.74) is 0.553. The molecule has 2 nitrogen and oxygen atoms in total. The van der Waals surface area contributed by atoms with Crippen molar-refractivity contribution in [2.24, 2.45) is 5.92 Å². The maximum atomic E-state index is 11.6. The summed E-state index contributed by atoms with van der Waals surface area (Å²) in [4.78, 5) is 11.6. The standard InChI is InChI=1S/C11H12Br2O2/c1-7(2)6-15-11(14)8-3-9(12)5-10(13)4-8/h3-5,7H,6H2,1-2H3. The van der Waals surface area contributed by atoms with Crippen LogP contribution in [0.1, 0.15) is 24.2 Å². The number of rotatable bonds is 3. The zero-order chi connectivity index (χ0) is 11.4. The Hall–Kier alpha value is -0.350. The van der Waals surface area contributed by atoms with Gasteiger partial charge in [0.15, 0.2) is 0 Å². The highest BCUT2D eigenvalue weighted by molar-refractivity contribution is 9.11. The Morgan fingerprint density at radius 3 is 2.27 bits per heavy atom. The SMILES string of the molecule is CC(C)COC(=O)c1cc(Br)cc(Br)c1. The smallest absolute Gasteiger partial charge is 0.338 e. The van der Waals surface area contributed by atoms with Gasteiger partial charge in [-0.25, -0.2) is 4.79 Å². The molecule has 0 aliphatic carbocycles. The molecule has 82 valence electrons. The quantitative estimate of drug-likeness (QED) is 0.780. The number of halogens is 2. The van der Waals surface area contributed by atoms with Crippen LogP contribution in [0.5, 0.6) is 0 Å². The molecule has 0 spiro atoms. The average Bonchev–Trinajstić information content (AvgIpc) is 2.12. The van der Waals surface area contributed by atoms with Gasteiger partial charge in [-0.1, -0.05) is 45.7 Å². The molecule has 1 aromatic rings. The van der Waals surface area contributed by atoms with Crippen molar-refractivity contribution >= 4 is 37.8 Å². The summed E-state index contributed by atoms with van der Waals surface area (Å²) < 4.78 is 6.83. The summed E-state index contributed by atoms with van der Waals surface area (Å²) in [5, 5.41) is 0. The molecule has 0 heterocycles. The van der Waals surface area contributed by atoms with E-state index >= 15 is 0 Å². The topological polar surface area (TPSA) is 26.3 Å². The van der Waals surface area contributed by atoms with Crippen molar-refractivity contribution in [1.82, 2.24) is 0 Å². The van der Waals surface area contributed by atoms with Gasteiger partial charge in [0, 0.05) is 8.95 Å². The van der Waals surface area contributed by atoms with Crippen LogP contribution in [0.3, 0.4) is 0 Å². The van der Waals surface area contributed by atoms with Gasteiger partial charge in [-0.2, -0.15) is 0 Å². The van der Waals surface area contributed by atoms with E-state index in [1.807, 2.05) is 19.9 Å². The fourth-order valence-corrected chi connectivity index (χ4v) is 2.29. The molecule has 0 aliphatic heterocycles. The first kappa shape index (κ1) is 12.7. The average molecular weight is 336 g/mol. The van der Waals surface area contributed by atoms with E-state index in [-0.39, 0.29) is 5.97 Å².